The Balaban J connectivity index is 1.50. The molecule has 3 rings (SSSR count). The third-order valence-electron chi connectivity index (χ3n) is 5.48. The van der Waals surface area contributed by atoms with Crippen molar-refractivity contribution in [2.24, 2.45) is 5.92 Å². The number of halogens is 1. The summed E-state index contributed by atoms with van der Waals surface area (Å²) in [6, 6.07) is 7.10. The molecule has 8 heteroatoms. The van der Waals surface area contributed by atoms with Gasteiger partial charge in [0.25, 0.3) is 0 Å². The molecule has 1 N–H and O–H groups in total. The van der Waals surface area contributed by atoms with Crippen LogP contribution in [0.4, 0.5) is 5.69 Å². The zero-order valence-electron chi connectivity index (χ0n) is 17.8. The van der Waals surface area contributed by atoms with E-state index in [1.165, 1.54) is 0 Å². The number of aromatic nitrogens is 2. The molecule has 162 valence electrons. The lowest BCUT2D eigenvalue weighted by atomic mass is 9.93. The number of nitrogens with zero attached hydrogens (tertiary/aromatic N) is 3. The Labute approximate surface area is 182 Å². The van der Waals surface area contributed by atoms with Gasteiger partial charge >= 0.3 is 0 Å². The van der Waals surface area contributed by atoms with Gasteiger partial charge in [-0.25, -0.2) is 0 Å². The standard InChI is InChI=1S/C22H29ClN4O3/c1-15-11-16(2)27(25-15)14-22(29)26-10-4-5-17(13-26)6-9-21(28)24-19-12-18(23)7-8-20(19)30-3/h7-8,11-12,17H,4-6,9-10,13-14H2,1-3H3,(H,24,28)/t17-/m1/s1. The summed E-state index contributed by atoms with van der Waals surface area (Å²) in [6.07, 6.45) is 3.10. The van der Waals surface area contributed by atoms with E-state index in [0.29, 0.717) is 35.3 Å². The first-order valence-electron chi connectivity index (χ1n) is 10.3. The van der Waals surface area contributed by atoms with Gasteiger partial charge in [-0.1, -0.05) is 11.6 Å². The first-order valence-corrected chi connectivity index (χ1v) is 10.7. The van der Waals surface area contributed by atoms with Crippen LogP contribution in [0.2, 0.25) is 5.02 Å². The Morgan fingerprint density at radius 1 is 1.30 bits per heavy atom. The molecule has 0 aliphatic carbocycles. The van der Waals surface area contributed by atoms with E-state index in [4.69, 9.17) is 16.3 Å². The lowest BCUT2D eigenvalue weighted by molar-refractivity contribution is -0.133. The Morgan fingerprint density at radius 3 is 2.80 bits per heavy atom. The summed E-state index contributed by atoms with van der Waals surface area (Å²) in [5.41, 5.74) is 2.47. The molecule has 2 aromatic rings. The molecule has 30 heavy (non-hydrogen) atoms. The number of methoxy groups -OCH3 is 1. The number of aryl methyl sites for hydroxylation is 2. The number of piperidine rings is 1. The van der Waals surface area contributed by atoms with Crippen molar-refractivity contribution in [3.63, 3.8) is 0 Å². The molecule has 0 bridgehead atoms. The zero-order chi connectivity index (χ0) is 21.7. The molecule has 0 radical (unpaired) electrons. The Kier molecular flexibility index (Phi) is 7.37. The Morgan fingerprint density at radius 2 is 2.10 bits per heavy atom. The summed E-state index contributed by atoms with van der Waals surface area (Å²) in [6.45, 7) is 5.60. The highest BCUT2D eigenvalue weighted by atomic mass is 35.5. The third-order valence-corrected chi connectivity index (χ3v) is 5.71. The number of carbonyl (C=O) groups excluding carboxylic acids is 2. The predicted molar refractivity (Wildman–Crippen MR) is 117 cm³/mol. The normalized spacial score (nSPS) is 16.4. The summed E-state index contributed by atoms with van der Waals surface area (Å²) in [7, 11) is 1.55. The van der Waals surface area contributed by atoms with Gasteiger partial charge in [-0.2, -0.15) is 5.10 Å². The van der Waals surface area contributed by atoms with Crippen molar-refractivity contribution >= 4 is 29.1 Å². The minimum Gasteiger partial charge on any atom is -0.495 e. The van der Waals surface area contributed by atoms with E-state index in [0.717, 1.165) is 37.2 Å². The van der Waals surface area contributed by atoms with E-state index < -0.39 is 0 Å². The molecular formula is C22H29ClN4O3. The van der Waals surface area contributed by atoms with Crippen LogP contribution in [0, 0.1) is 19.8 Å². The molecule has 2 amide bonds. The molecule has 1 saturated heterocycles. The van der Waals surface area contributed by atoms with Gasteiger partial charge in [0.15, 0.2) is 0 Å². The summed E-state index contributed by atoms with van der Waals surface area (Å²) in [5.74, 6) is 0.891. The van der Waals surface area contributed by atoms with Crippen LogP contribution in [-0.4, -0.2) is 46.7 Å². The van der Waals surface area contributed by atoms with Gasteiger partial charge in [0.1, 0.15) is 12.3 Å². The number of amides is 2. The smallest absolute Gasteiger partial charge is 0.244 e. The van der Waals surface area contributed by atoms with Gasteiger partial charge in [0.05, 0.1) is 18.5 Å². The summed E-state index contributed by atoms with van der Waals surface area (Å²) in [4.78, 5) is 27.1. The van der Waals surface area contributed by atoms with Crippen LogP contribution in [0.15, 0.2) is 24.3 Å². The molecule has 0 unspecified atom stereocenters. The van der Waals surface area contributed by atoms with Gasteiger partial charge in [-0.05, 0) is 63.3 Å². The zero-order valence-corrected chi connectivity index (χ0v) is 18.5. The topological polar surface area (TPSA) is 76.5 Å². The van der Waals surface area contributed by atoms with E-state index in [2.05, 4.69) is 10.4 Å². The fourth-order valence-electron chi connectivity index (χ4n) is 3.92. The molecule has 1 aliphatic heterocycles. The number of likely N-dealkylation sites (tertiary alicyclic amines) is 1. The second-order valence-corrected chi connectivity index (χ2v) is 8.30. The molecule has 1 fully saturated rings. The van der Waals surface area contributed by atoms with E-state index >= 15 is 0 Å². The van der Waals surface area contributed by atoms with Crippen LogP contribution in [0.1, 0.15) is 37.1 Å². The van der Waals surface area contributed by atoms with Crippen molar-refractivity contribution in [1.29, 1.82) is 0 Å². The number of rotatable bonds is 7. The highest BCUT2D eigenvalue weighted by Crippen LogP contribution is 2.28. The summed E-state index contributed by atoms with van der Waals surface area (Å²) in [5, 5.41) is 7.79. The Hall–Kier alpha value is -2.54. The van der Waals surface area contributed by atoms with Gasteiger partial charge in [-0.15, -0.1) is 0 Å². The van der Waals surface area contributed by atoms with Crippen molar-refractivity contribution < 1.29 is 14.3 Å². The lowest BCUT2D eigenvalue weighted by Crippen LogP contribution is -2.42. The van der Waals surface area contributed by atoms with Gasteiger partial charge in [0.2, 0.25) is 11.8 Å². The number of ether oxygens (including phenoxy) is 1. The van der Waals surface area contributed by atoms with Crippen LogP contribution in [0.25, 0.3) is 0 Å². The molecule has 1 aliphatic rings. The molecule has 1 aromatic heterocycles. The average Bonchev–Trinajstić information content (AvgIpc) is 3.03. The monoisotopic (exact) mass is 432 g/mol. The van der Waals surface area contributed by atoms with E-state index in [9.17, 15) is 9.59 Å². The van der Waals surface area contributed by atoms with Crippen molar-refractivity contribution in [1.82, 2.24) is 14.7 Å². The van der Waals surface area contributed by atoms with Crippen LogP contribution in [-0.2, 0) is 16.1 Å². The minimum absolute atomic E-state index is 0.0818. The lowest BCUT2D eigenvalue weighted by Gasteiger charge is -2.33. The van der Waals surface area contributed by atoms with E-state index in [1.807, 2.05) is 24.8 Å². The van der Waals surface area contributed by atoms with Gasteiger partial charge in [0, 0.05) is 30.2 Å². The second kappa shape index (κ2) is 9.98. The number of carbonyl (C=O) groups is 2. The third kappa shape index (κ3) is 5.75. The quantitative estimate of drug-likeness (QED) is 0.721. The summed E-state index contributed by atoms with van der Waals surface area (Å²) < 4.78 is 7.03. The first-order chi connectivity index (χ1) is 14.4. The average molecular weight is 433 g/mol. The highest BCUT2D eigenvalue weighted by molar-refractivity contribution is 6.31. The maximum atomic E-state index is 12.7. The molecular weight excluding hydrogens is 404 g/mol. The first kappa shape index (κ1) is 22.2. The fraction of sp³-hybridized carbons (Fsp3) is 0.500. The summed E-state index contributed by atoms with van der Waals surface area (Å²) >= 11 is 6.02. The minimum atomic E-state index is -0.0818. The molecule has 7 nitrogen and oxygen atoms in total. The maximum absolute atomic E-state index is 12.7. The van der Waals surface area contributed by atoms with Crippen LogP contribution < -0.4 is 10.1 Å². The van der Waals surface area contributed by atoms with Crippen LogP contribution in [0.5, 0.6) is 5.75 Å². The molecule has 2 heterocycles. The van der Waals surface area contributed by atoms with Crippen molar-refractivity contribution in [3.05, 3.63) is 40.7 Å². The second-order valence-electron chi connectivity index (χ2n) is 7.86. The van der Waals surface area contributed by atoms with E-state index in [-0.39, 0.29) is 18.4 Å². The number of nitrogens with one attached hydrogen (secondary N) is 1. The largest absolute Gasteiger partial charge is 0.495 e. The molecule has 1 atom stereocenters. The SMILES string of the molecule is COc1ccc(Cl)cc1NC(=O)CC[C@H]1CCCN(C(=O)Cn2nc(C)cc2C)C1. The van der Waals surface area contributed by atoms with Crippen molar-refractivity contribution in [2.45, 2.75) is 46.1 Å². The van der Waals surface area contributed by atoms with Crippen molar-refractivity contribution in [3.8, 4) is 5.75 Å². The van der Waals surface area contributed by atoms with Crippen LogP contribution >= 0.6 is 11.6 Å². The molecule has 0 spiro atoms. The number of benzene rings is 1. The van der Waals surface area contributed by atoms with Crippen LogP contribution in [0.3, 0.4) is 0 Å². The fourth-order valence-corrected chi connectivity index (χ4v) is 4.09. The number of anilines is 1. The van der Waals surface area contributed by atoms with Gasteiger partial charge in [-0.3, -0.25) is 14.3 Å². The predicted octanol–water partition coefficient (Wildman–Crippen LogP) is 3.82. The molecule has 1 aromatic carbocycles. The maximum Gasteiger partial charge on any atom is 0.244 e. The van der Waals surface area contributed by atoms with Crippen molar-refractivity contribution in [2.75, 3.05) is 25.5 Å². The number of hydrogen-bond donors (Lipinski definition) is 1. The number of hydrogen-bond acceptors (Lipinski definition) is 4. The molecule has 0 saturated carbocycles. The highest BCUT2D eigenvalue weighted by Gasteiger charge is 2.25. The van der Waals surface area contributed by atoms with Gasteiger partial charge < -0.3 is 15.0 Å². The van der Waals surface area contributed by atoms with E-state index in [1.54, 1.807) is 30.0 Å². The Bertz CT molecular complexity index is 912.